The SMILES string of the molecule is Cc1ccccc1OCCN(C)C(=O)c1sccc1S(=O)(=O)N1CCc2ccccc2C1. The summed E-state index contributed by atoms with van der Waals surface area (Å²) >= 11 is 1.16. The van der Waals surface area contributed by atoms with Crippen LogP contribution in [0.2, 0.25) is 0 Å². The number of nitrogens with zero attached hydrogens (tertiary/aromatic N) is 2. The van der Waals surface area contributed by atoms with Crippen LogP contribution in [-0.4, -0.2) is 50.3 Å². The largest absolute Gasteiger partial charge is 0.491 e. The zero-order valence-corrected chi connectivity index (χ0v) is 19.8. The van der Waals surface area contributed by atoms with Crippen LogP contribution in [0.1, 0.15) is 26.4 Å². The van der Waals surface area contributed by atoms with Gasteiger partial charge in [-0.3, -0.25) is 4.79 Å². The maximum absolute atomic E-state index is 13.4. The molecule has 0 radical (unpaired) electrons. The molecule has 8 heteroatoms. The third kappa shape index (κ3) is 4.57. The number of benzene rings is 2. The highest BCUT2D eigenvalue weighted by molar-refractivity contribution is 7.89. The number of aryl methyl sites for hydroxylation is 1. The van der Waals surface area contributed by atoms with Gasteiger partial charge in [-0.15, -0.1) is 11.3 Å². The molecule has 32 heavy (non-hydrogen) atoms. The highest BCUT2D eigenvalue weighted by Gasteiger charge is 2.33. The van der Waals surface area contributed by atoms with Gasteiger partial charge in [0.05, 0.1) is 6.54 Å². The summed E-state index contributed by atoms with van der Waals surface area (Å²) in [5.41, 5.74) is 3.21. The van der Waals surface area contributed by atoms with Gasteiger partial charge in [-0.25, -0.2) is 8.42 Å². The van der Waals surface area contributed by atoms with Crippen molar-refractivity contribution in [2.24, 2.45) is 0 Å². The molecule has 0 bridgehead atoms. The van der Waals surface area contributed by atoms with Crippen molar-refractivity contribution in [2.45, 2.75) is 24.8 Å². The molecular weight excluding hydrogens is 444 g/mol. The lowest BCUT2D eigenvalue weighted by molar-refractivity contribution is 0.0775. The van der Waals surface area contributed by atoms with Gasteiger partial charge >= 0.3 is 0 Å². The highest BCUT2D eigenvalue weighted by Crippen LogP contribution is 2.30. The average molecular weight is 471 g/mol. The molecule has 0 spiro atoms. The first kappa shape index (κ1) is 22.5. The van der Waals surface area contributed by atoms with Crippen molar-refractivity contribution < 1.29 is 17.9 Å². The number of amides is 1. The Morgan fingerprint density at radius 3 is 2.59 bits per heavy atom. The Balaban J connectivity index is 1.45. The summed E-state index contributed by atoms with van der Waals surface area (Å²) in [6, 6.07) is 17.1. The predicted molar refractivity (Wildman–Crippen MR) is 126 cm³/mol. The number of carbonyl (C=O) groups excluding carboxylic acids is 1. The van der Waals surface area contributed by atoms with Gasteiger partial charge in [0, 0.05) is 20.1 Å². The van der Waals surface area contributed by atoms with Crippen molar-refractivity contribution in [1.82, 2.24) is 9.21 Å². The summed E-state index contributed by atoms with van der Waals surface area (Å²) < 4.78 is 34.0. The normalized spacial score (nSPS) is 14.1. The average Bonchev–Trinajstić information content (AvgIpc) is 3.30. The molecule has 168 valence electrons. The number of carbonyl (C=O) groups is 1. The van der Waals surface area contributed by atoms with Gasteiger partial charge in [-0.1, -0.05) is 42.5 Å². The van der Waals surface area contributed by atoms with Crippen molar-refractivity contribution in [3.63, 3.8) is 0 Å². The molecule has 4 rings (SSSR count). The summed E-state index contributed by atoms with van der Waals surface area (Å²) in [5.74, 6) is 0.461. The summed E-state index contributed by atoms with van der Waals surface area (Å²) in [5, 5.41) is 1.66. The molecule has 2 heterocycles. The first-order chi connectivity index (χ1) is 15.4. The minimum Gasteiger partial charge on any atom is -0.491 e. The smallest absolute Gasteiger partial charge is 0.265 e. The van der Waals surface area contributed by atoms with E-state index in [4.69, 9.17) is 4.74 Å². The van der Waals surface area contributed by atoms with Gasteiger partial charge in [0.25, 0.3) is 5.91 Å². The van der Waals surface area contributed by atoms with Crippen molar-refractivity contribution in [2.75, 3.05) is 26.7 Å². The fourth-order valence-corrected chi connectivity index (χ4v) is 6.56. The quantitative estimate of drug-likeness (QED) is 0.524. The topological polar surface area (TPSA) is 66.9 Å². The highest BCUT2D eigenvalue weighted by atomic mass is 32.2. The Kier molecular flexibility index (Phi) is 6.64. The Hall–Kier alpha value is -2.68. The van der Waals surface area contributed by atoms with Crippen molar-refractivity contribution >= 4 is 27.3 Å². The molecule has 3 aromatic rings. The van der Waals surface area contributed by atoms with Crippen LogP contribution in [0, 0.1) is 6.92 Å². The van der Waals surface area contributed by atoms with E-state index in [1.807, 2.05) is 55.5 Å². The lowest BCUT2D eigenvalue weighted by atomic mass is 10.0. The molecule has 1 aliphatic heterocycles. The van der Waals surface area contributed by atoms with Crippen molar-refractivity contribution in [3.05, 3.63) is 81.5 Å². The molecule has 0 fully saturated rings. The van der Waals surface area contributed by atoms with Crippen LogP contribution in [0.3, 0.4) is 0 Å². The summed E-state index contributed by atoms with van der Waals surface area (Å²) in [7, 11) is -2.11. The van der Waals surface area contributed by atoms with E-state index in [9.17, 15) is 13.2 Å². The Bertz CT molecular complexity index is 1220. The van der Waals surface area contributed by atoms with Gasteiger partial charge in [0.15, 0.2) is 0 Å². The zero-order chi connectivity index (χ0) is 22.7. The summed E-state index contributed by atoms with van der Waals surface area (Å²) in [4.78, 5) is 14.9. The summed E-state index contributed by atoms with van der Waals surface area (Å²) in [6.45, 7) is 3.36. The van der Waals surface area contributed by atoms with E-state index >= 15 is 0 Å². The van der Waals surface area contributed by atoms with Crippen LogP contribution >= 0.6 is 11.3 Å². The van der Waals surface area contributed by atoms with E-state index in [1.165, 1.54) is 20.8 Å². The molecule has 0 saturated heterocycles. The number of hydrogen-bond acceptors (Lipinski definition) is 5. The number of thiophene rings is 1. The second-order valence-electron chi connectivity index (χ2n) is 7.81. The van der Waals surface area contributed by atoms with Crippen LogP contribution in [-0.2, 0) is 23.0 Å². The molecule has 0 saturated carbocycles. The molecule has 1 amide bonds. The number of sulfonamides is 1. The second kappa shape index (κ2) is 9.44. The van der Waals surface area contributed by atoms with Crippen molar-refractivity contribution in [3.8, 4) is 5.75 Å². The second-order valence-corrected chi connectivity index (χ2v) is 10.6. The predicted octanol–water partition coefficient (Wildman–Crippen LogP) is 3.95. The van der Waals surface area contributed by atoms with Crippen LogP contribution in [0.4, 0.5) is 0 Å². The van der Waals surface area contributed by atoms with Crippen LogP contribution in [0.25, 0.3) is 0 Å². The van der Waals surface area contributed by atoms with E-state index < -0.39 is 10.0 Å². The lowest BCUT2D eigenvalue weighted by Crippen LogP contribution is -2.37. The Labute approximate surface area is 193 Å². The van der Waals surface area contributed by atoms with Crippen LogP contribution in [0.15, 0.2) is 64.9 Å². The molecule has 0 unspecified atom stereocenters. The number of para-hydroxylation sites is 1. The van der Waals surface area contributed by atoms with Crippen LogP contribution < -0.4 is 4.74 Å². The van der Waals surface area contributed by atoms with Gasteiger partial charge in [-0.05, 0) is 47.5 Å². The molecule has 1 aromatic heterocycles. The summed E-state index contributed by atoms with van der Waals surface area (Å²) in [6.07, 6.45) is 0.666. The third-order valence-corrected chi connectivity index (χ3v) is 8.58. The van der Waals surface area contributed by atoms with Gasteiger partial charge in [0.1, 0.15) is 22.1 Å². The maximum Gasteiger partial charge on any atom is 0.265 e. The van der Waals surface area contributed by atoms with E-state index in [-0.39, 0.29) is 15.7 Å². The number of hydrogen-bond donors (Lipinski definition) is 0. The molecular formula is C24H26N2O4S2. The van der Waals surface area contributed by atoms with E-state index in [0.29, 0.717) is 32.7 Å². The van der Waals surface area contributed by atoms with E-state index in [1.54, 1.807) is 12.4 Å². The van der Waals surface area contributed by atoms with E-state index in [2.05, 4.69) is 0 Å². The minimum absolute atomic E-state index is 0.0820. The van der Waals surface area contributed by atoms with Crippen molar-refractivity contribution in [1.29, 1.82) is 0 Å². The first-order valence-corrected chi connectivity index (χ1v) is 12.8. The Morgan fingerprint density at radius 1 is 1.09 bits per heavy atom. The Morgan fingerprint density at radius 2 is 1.81 bits per heavy atom. The molecule has 0 atom stereocenters. The van der Waals surface area contributed by atoms with Gasteiger partial charge < -0.3 is 9.64 Å². The fraction of sp³-hybridized carbons (Fsp3) is 0.292. The maximum atomic E-state index is 13.4. The molecule has 2 aromatic carbocycles. The standard InChI is InChI=1S/C24H26N2O4S2/c1-18-7-3-6-10-21(18)30-15-14-25(2)24(27)23-22(12-16-31-23)32(28,29)26-13-11-19-8-4-5-9-20(19)17-26/h3-10,12,16H,11,13-15,17H2,1-2H3. The van der Waals surface area contributed by atoms with E-state index in [0.717, 1.165) is 28.2 Å². The first-order valence-electron chi connectivity index (χ1n) is 10.5. The lowest BCUT2D eigenvalue weighted by Gasteiger charge is -2.28. The molecule has 1 aliphatic rings. The van der Waals surface area contributed by atoms with Crippen LogP contribution in [0.5, 0.6) is 5.75 Å². The zero-order valence-electron chi connectivity index (χ0n) is 18.2. The third-order valence-electron chi connectivity index (χ3n) is 5.66. The van der Waals surface area contributed by atoms with Gasteiger partial charge in [0.2, 0.25) is 10.0 Å². The number of likely N-dealkylation sites (N-methyl/N-ethyl adjacent to an activating group) is 1. The van der Waals surface area contributed by atoms with Gasteiger partial charge in [-0.2, -0.15) is 4.31 Å². The molecule has 6 nitrogen and oxygen atoms in total. The number of fused-ring (bicyclic) bond motifs is 1. The molecule has 0 aliphatic carbocycles. The molecule has 0 N–H and O–H groups in total. The monoisotopic (exact) mass is 470 g/mol. The number of ether oxygens (including phenoxy) is 1. The minimum atomic E-state index is -3.77. The fourth-order valence-electron chi connectivity index (χ4n) is 3.76. The number of rotatable bonds is 7.